The largest absolute Gasteiger partial charge is 0.392 e. The molecule has 2 fully saturated rings. The van der Waals surface area contributed by atoms with Crippen LogP contribution in [0, 0.1) is 35.5 Å². The van der Waals surface area contributed by atoms with Crippen LogP contribution in [0.2, 0.25) is 0 Å². The molecule has 172 valence electrons. The zero-order valence-corrected chi connectivity index (χ0v) is 19.1. The fourth-order valence-corrected chi connectivity index (χ4v) is 5.21. The molecule has 6 atom stereocenters. The lowest BCUT2D eigenvalue weighted by atomic mass is 9.88. The number of aliphatic hydroxyl groups is 2. The number of hydrogen-bond donors (Lipinski definition) is 2. The number of fused-ring (bicyclic) bond motifs is 1. The molecule has 1 aliphatic heterocycles. The first-order chi connectivity index (χ1) is 15.0. The Bertz CT molecular complexity index is 713. The minimum absolute atomic E-state index is 0.0930. The lowest BCUT2D eigenvalue weighted by Gasteiger charge is -2.26. The van der Waals surface area contributed by atoms with Crippen molar-refractivity contribution in [2.45, 2.75) is 71.0 Å². The zero-order chi connectivity index (χ0) is 22.2. The number of nitrogens with zero attached hydrogens (tertiary/aromatic N) is 1. The number of rotatable bonds is 9. The minimum atomic E-state index is -0.523. The average molecular weight is 430 g/mol. The highest BCUT2D eigenvalue weighted by Crippen LogP contribution is 2.48. The van der Waals surface area contributed by atoms with E-state index in [0.29, 0.717) is 37.9 Å². The SMILES string of the molecule is CC#CC[C@@H](C)[C@H](O)C=C[C@@H]1[C@H]2CC(CCCCC(=O)N3CCOCC3)=C[C@H]2C[C@H]1O. The third-order valence-electron chi connectivity index (χ3n) is 7.17. The molecule has 1 saturated heterocycles. The smallest absolute Gasteiger partial charge is 0.222 e. The quantitative estimate of drug-likeness (QED) is 0.335. The molecule has 0 aromatic heterocycles. The second-order valence-electron chi connectivity index (χ2n) is 9.42. The van der Waals surface area contributed by atoms with Crippen LogP contribution in [0.25, 0.3) is 0 Å². The van der Waals surface area contributed by atoms with Gasteiger partial charge in [-0.25, -0.2) is 0 Å². The minimum Gasteiger partial charge on any atom is -0.392 e. The molecule has 3 aliphatic rings. The van der Waals surface area contributed by atoms with Gasteiger partial charge in [-0.1, -0.05) is 30.7 Å². The van der Waals surface area contributed by atoms with Crippen molar-refractivity contribution in [2.75, 3.05) is 26.3 Å². The number of amides is 1. The van der Waals surface area contributed by atoms with Crippen LogP contribution in [-0.4, -0.2) is 59.5 Å². The summed E-state index contributed by atoms with van der Waals surface area (Å²) in [5.74, 6) is 7.25. The second-order valence-corrected chi connectivity index (χ2v) is 9.42. The number of hydrogen-bond acceptors (Lipinski definition) is 4. The van der Waals surface area contributed by atoms with Gasteiger partial charge in [0, 0.05) is 31.8 Å². The summed E-state index contributed by atoms with van der Waals surface area (Å²) in [6.45, 7) is 6.59. The lowest BCUT2D eigenvalue weighted by Crippen LogP contribution is -2.40. The number of aliphatic hydroxyl groups excluding tert-OH is 2. The van der Waals surface area contributed by atoms with E-state index in [0.717, 1.165) is 45.2 Å². The molecule has 1 amide bonds. The van der Waals surface area contributed by atoms with Crippen LogP contribution < -0.4 is 0 Å². The van der Waals surface area contributed by atoms with Crippen molar-refractivity contribution in [3.05, 3.63) is 23.8 Å². The maximum Gasteiger partial charge on any atom is 0.222 e. The van der Waals surface area contributed by atoms with Crippen LogP contribution in [0.3, 0.4) is 0 Å². The van der Waals surface area contributed by atoms with Gasteiger partial charge in [0.15, 0.2) is 0 Å². The molecule has 0 aromatic rings. The van der Waals surface area contributed by atoms with E-state index in [9.17, 15) is 15.0 Å². The zero-order valence-electron chi connectivity index (χ0n) is 19.1. The Morgan fingerprint density at radius 3 is 2.87 bits per heavy atom. The summed E-state index contributed by atoms with van der Waals surface area (Å²) in [6.07, 6.45) is 11.6. The topological polar surface area (TPSA) is 70.0 Å². The highest BCUT2D eigenvalue weighted by molar-refractivity contribution is 5.76. The third kappa shape index (κ3) is 6.68. The number of unbranched alkanes of at least 4 members (excludes halogenated alkanes) is 1. The first-order valence-corrected chi connectivity index (χ1v) is 12.0. The van der Waals surface area contributed by atoms with Crippen molar-refractivity contribution in [3.63, 3.8) is 0 Å². The normalized spacial score (nSPS) is 29.9. The first-order valence-electron chi connectivity index (χ1n) is 12.0. The lowest BCUT2D eigenvalue weighted by molar-refractivity contribution is -0.135. The highest BCUT2D eigenvalue weighted by atomic mass is 16.5. The molecule has 0 spiro atoms. The van der Waals surface area contributed by atoms with Crippen molar-refractivity contribution in [3.8, 4) is 11.8 Å². The van der Waals surface area contributed by atoms with Gasteiger partial charge in [0.05, 0.1) is 25.4 Å². The molecule has 1 saturated carbocycles. The van der Waals surface area contributed by atoms with Crippen LogP contribution in [0.1, 0.15) is 58.8 Å². The van der Waals surface area contributed by atoms with E-state index in [4.69, 9.17) is 4.74 Å². The fourth-order valence-electron chi connectivity index (χ4n) is 5.21. The predicted molar refractivity (Wildman–Crippen MR) is 122 cm³/mol. The van der Waals surface area contributed by atoms with Crippen LogP contribution in [-0.2, 0) is 9.53 Å². The molecular formula is C26H39NO4. The number of carbonyl (C=O) groups excluding carboxylic acids is 1. The summed E-state index contributed by atoms with van der Waals surface area (Å²) in [6, 6.07) is 0. The van der Waals surface area contributed by atoms with Gasteiger partial charge >= 0.3 is 0 Å². The van der Waals surface area contributed by atoms with Crippen LogP contribution >= 0.6 is 0 Å². The number of carbonyl (C=O) groups is 1. The monoisotopic (exact) mass is 429 g/mol. The third-order valence-corrected chi connectivity index (χ3v) is 7.17. The van der Waals surface area contributed by atoms with Crippen molar-refractivity contribution >= 4 is 5.91 Å². The van der Waals surface area contributed by atoms with Crippen LogP contribution in [0.5, 0.6) is 0 Å². The van der Waals surface area contributed by atoms with E-state index in [1.165, 1.54) is 5.57 Å². The summed E-state index contributed by atoms with van der Waals surface area (Å²) < 4.78 is 5.31. The first kappa shape index (κ1) is 24.0. The Morgan fingerprint density at radius 2 is 2.13 bits per heavy atom. The summed E-state index contributed by atoms with van der Waals surface area (Å²) in [5, 5.41) is 20.9. The molecule has 0 unspecified atom stereocenters. The standard InChI is InChI=1S/C26H39NO4/c1-3-4-7-19(2)24(28)11-10-22-23-17-20(16-21(23)18-25(22)29)8-5-6-9-26(30)27-12-14-31-15-13-27/h10-11,16,19,21-25,28-29H,5-9,12-15,17-18H2,1-2H3/t19-,21+,22-,23+,24-,25-/m1/s1. The summed E-state index contributed by atoms with van der Waals surface area (Å²) >= 11 is 0. The van der Waals surface area contributed by atoms with Crippen molar-refractivity contribution in [1.29, 1.82) is 0 Å². The van der Waals surface area contributed by atoms with Gasteiger partial charge in [0.1, 0.15) is 0 Å². The molecule has 0 bridgehead atoms. The molecule has 2 aliphatic carbocycles. The van der Waals surface area contributed by atoms with E-state index in [-0.39, 0.29) is 23.8 Å². The van der Waals surface area contributed by atoms with E-state index in [1.807, 2.05) is 30.9 Å². The van der Waals surface area contributed by atoms with Gasteiger partial charge in [-0.05, 0) is 56.8 Å². The van der Waals surface area contributed by atoms with Gasteiger partial charge in [0.2, 0.25) is 5.91 Å². The maximum atomic E-state index is 12.3. The molecule has 5 nitrogen and oxygen atoms in total. The fraction of sp³-hybridized carbons (Fsp3) is 0.731. The van der Waals surface area contributed by atoms with Crippen LogP contribution in [0.15, 0.2) is 23.8 Å². The van der Waals surface area contributed by atoms with Crippen molar-refractivity contribution in [2.24, 2.45) is 23.7 Å². The molecule has 1 heterocycles. The number of allylic oxidation sites excluding steroid dienone is 2. The number of morpholine rings is 1. The maximum absolute atomic E-state index is 12.3. The Morgan fingerprint density at radius 1 is 1.35 bits per heavy atom. The summed E-state index contributed by atoms with van der Waals surface area (Å²) in [4.78, 5) is 14.2. The molecule has 0 radical (unpaired) electrons. The molecule has 31 heavy (non-hydrogen) atoms. The summed E-state index contributed by atoms with van der Waals surface area (Å²) in [5.41, 5.74) is 1.48. The molecule has 0 aromatic carbocycles. The van der Waals surface area contributed by atoms with E-state index < -0.39 is 6.10 Å². The average Bonchev–Trinajstić information content (AvgIpc) is 3.30. The molecule has 3 rings (SSSR count). The Hall–Kier alpha value is -1.61. The Kier molecular flexibility index (Phi) is 9.19. The van der Waals surface area contributed by atoms with Crippen LogP contribution in [0.4, 0.5) is 0 Å². The predicted octanol–water partition coefficient (Wildman–Crippen LogP) is 3.32. The Labute approximate surface area is 187 Å². The van der Waals surface area contributed by atoms with Gasteiger partial charge in [-0.3, -0.25) is 4.79 Å². The van der Waals surface area contributed by atoms with Crippen molar-refractivity contribution < 1.29 is 19.7 Å². The highest BCUT2D eigenvalue weighted by Gasteiger charge is 2.43. The van der Waals surface area contributed by atoms with E-state index in [2.05, 4.69) is 17.9 Å². The summed E-state index contributed by atoms with van der Waals surface area (Å²) in [7, 11) is 0. The Balaban J connectivity index is 1.41. The van der Waals surface area contributed by atoms with Gasteiger partial charge in [-0.15, -0.1) is 11.8 Å². The molecule has 5 heteroatoms. The number of ether oxygens (including phenoxy) is 1. The van der Waals surface area contributed by atoms with E-state index >= 15 is 0 Å². The molecule has 2 N–H and O–H groups in total. The second kappa shape index (κ2) is 11.9. The van der Waals surface area contributed by atoms with Gasteiger partial charge in [0.25, 0.3) is 0 Å². The van der Waals surface area contributed by atoms with Gasteiger partial charge < -0.3 is 19.8 Å². The van der Waals surface area contributed by atoms with E-state index in [1.54, 1.807) is 0 Å². The van der Waals surface area contributed by atoms with Crippen molar-refractivity contribution in [1.82, 2.24) is 4.90 Å². The molecular weight excluding hydrogens is 390 g/mol. The van der Waals surface area contributed by atoms with Gasteiger partial charge in [-0.2, -0.15) is 0 Å².